The third-order valence-electron chi connectivity index (χ3n) is 4.83. The van der Waals surface area contributed by atoms with Gasteiger partial charge in [-0.1, -0.05) is 83.8 Å². The maximum atomic E-state index is 11.8. The summed E-state index contributed by atoms with van der Waals surface area (Å²) in [7, 11) is 0. The number of carbonyl (C=O) groups excluding carboxylic acids is 2. The molecule has 28 heavy (non-hydrogen) atoms. The Morgan fingerprint density at radius 1 is 0.786 bits per heavy atom. The van der Waals surface area contributed by atoms with Crippen molar-refractivity contribution in [1.82, 2.24) is 0 Å². The van der Waals surface area contributed by atoms with Gasteiger partial charge >= 0.3 is 11.9 Å². The molecule has 1 aromatic carbocycles. The van der Waals surface area contributed by atoms with Crippen LogP contribution in [0.3, 0.4) is 0 Å². The lowest BCUT2D eigenvalue weighted by atomic mass is 10.1. The van der Waals surface area contributed by atoms with Gasteiger partial charge in [-0.15, -0.1) is 0 Å². The van der Waals surface area contributed by atoms with Crippen LogP contribution in [0.1, 0.15) is 96.5 Å². The van der Waals surface area contributed by atoms with E-state index < -0.39 is 5.97 Å². The van der Waals surface area contributed by atoms with Crippen LogP contribution in [-0.2, 0) is 20.7 Å². The number of ether oxygens (including phenoxy) is 2. The highest BCUT2D eigenvalue weighted by atomic mass is 16.5. The molecule has 0 bridgehead atoms. The monoisotopic (exact) mass is 390 g/mol. The first-order valence-corrected chi connectivity index (χ1v) is 11.1. The molecule has 1 aromatic rings. The molecule has 0 radical (unpaired) electrons. The number of rotatable bonds is 16. The molecule has 0 atom stereocenters. The van der Waals surface area contributed by atoms with Gasteiger partial charge in [0, 0.05) is 0 Å². The molecule has 0 fully saturated rings. The summed E-state index contributed by atoms with van der Waals surface area (Å²) < 4.78 is 10.5. The lowest BCUT2D eigenvalue weighted by molar-refractivity contribution is -0.147. The van der Waals surface area contributed by atoms with E-state index in [9.17, 15) is 9.59 Å². The second-order valence-corrected chi connectivity index (χ2v) is 7.38. The SMILES string of the molecule is CCCCCCCCCCCCOC(=O)CCC(=O)Oc1cccc(CC)c1. The lowest BCUT2D eigenvalue weighted by Gasteiger charge is -2.07. The summed E-state index contributed by atoms with van der Waals surface area (Å²) in [5.41, 5.74) is 1.11. The average molecular weight is 391 g/mol. The average Bonchev–Trinajstić information content (AvgIpc) is 2.70. The highest BCUT2D eigenvalue weighted by molar-refractivity contribution is 5.79. The van der Waals surface area contributed by atoms with E-state index in [0.29, 0.717) is 12.4 Å². The van der Waals surface area contributed by atoms with Gasteiger partial charge in [0.15, 0.2) is 0 Å². The van der Waals surface area contributed by atoms with Gasteiger partial charge in [-0.2, -0.15) is 0 Å². The maximum Gasteiger partial charge on any atom is 0.311 e. The topological polar surface area (TPSA) is 52.6 Å². The predicted molar refractivity (Wildman–Crippen MR) is 113 cm³/mol. The van der Waals surface area contributed by atoms with Gasteiger partial charge in [0.05, 0.1) is 19.4 Å². The van der Waals surface area contributed by atoms with Crippen molar-refractivity contribution in [3.05, 3.63) is 29.8 Å². The van der Waals surface area contributed by atoms with Gasteiger partial charge in [0.2, 0.25) is 0 Å². The summed E-state index contributed by atoms with van der Waals surface area (Å²) in [6.45, 7) is 4.74. The van der Waals surface area contributed by atoms with E-state index in [2.05, 4.69) is 6.92 Å². The summed E-state index contributed by atoms with van der Waals surface area (Å²) in [4.78, 5) is 23.6. The zero-order valence-corrected chi connectivity index (χ0v) is 17.8. The van der Waals surface area contributed by atoms with E-state index in [1.807, 2.05) is 25.1 Å². The summed E-state index contributed by atoms with van der Waals surface area (Å²) >= 11 is 0. The second kappa shape index (κ2) is 16.1. The van der Waals surface area contributed by atoms with Crippen LogP contribution in [0.25, 0.3) is 0 Å². The highest BCUT2D eigenvalue weighted by Crippen LogP contribution is 2.15. The Bertz CT molecular complexity index is 553. The molecule has 0 unspecified atom stereocenters. The molecule has 0 aliphatic carbocycles. The number of carbonyl (C=O) groups is 2. The van der Waals surface area contributed by atoms with Crippen LogP contribution in [-0.4, -0.2) is 18.5 Å². The van der Waals surface area contributed by atoms with Crippen LogP contribution in [0.4, 0.5) is 0 Å². The first-order valence-electron chi connectivity index (χ1n) is 11.1. The Balaban J connectivity index is 1.98. The zero-order valence-electron chi connectivity index (χ0n) is 17.8. The fourth-order valence-corrected chi connectivity index (χ4v) is 3.06. The maximum absolute atomic E-state index is 11.8. The molecule has 0 saturated carbocycles. The van der Waals surface area contributed by atoms with Gasteiger partial charge in [-0.05, 0) is 30.5 Å². The molecule has 0 aliphatic heterocycles. The Morgan fingerprint density at radius 3 is 2.04 bits per heavy atom. The van der Waals surface area contributed by atoms with Crippen molar-refractivity contribution in [2.45, 2.75) is 97.3 Å². The number of hydrogen-bond acceptors (Lipinski definition) is 4. The second-order valence-electron chi connectivity index (χ2n) is 7.38. The third kappa shape index (κ3) is 12.5. The molecule has 0 saturated heterocycles. The Morgan fingerprint density at radius 2 is 1.39 bits per heavy atom. The van der Waals surface area contributed by atoms with Crippen LogP contribution in [0.2, 0.25) is 0 Å². The van der Waals surface area contributed by atoms with E-state index in [0.717, 1.165) is 24.8 Å². The molecule has 4 nitrogen and oxygen atoms in total. The van der Waals surface area contributed by atoms with Crippen molar-refractivity contribution < 1.29 is 19.1 Å². The van der Waals surface area contributed by atoms with Gasteiger partial charge < -0.3 is 9.47 Å². The lowest BCUT2D eigenvalue weighted by Crippen LogP contribution is -2.13. The zero-order chi connectivity index (χ0) is 20.5. The highest BCUT2D eigenvalue weighted by Gasteiger charge is 2.10. The number of unbranched alkanes of at least 4 members (excludes halogenated alkanes) is 9. The van der Waals surface area contributed by atoms with Crippen molar-refractivity contribution >= 4 is 11.9 Å². The molecule has 4 heteroatoms. The van der Waals surface area contributed by atoms with Crippen LogP contribution >= 0.6 is 0 Å². The fourth-order valence-electron chi connectivity index (χ4n) is 3.06. The molecule has 0 aliphatic rings. The van der Waals surface area contributed by atoms with E-state index in [1.54, 1.807) is 6.07 Å². The number of aryl methyl sites for hydroxylation is 1. The fraction of sp³-hybridized carbons (Fsp3) is 0.667. The van der Waals surface area contributed by atoms with Crippen molar-refractivity contribution in [2.75, 3.05) is 6.61 Å². The molecular weight excluding hydrogens is 352 g/mol. The summed E-state index contributed by atoms with van der Waals surface area (Å²) in [5.74, 6) is -0.192. The van der Waals surface area contributed by atoms with E-state index >= 15 is 0 Å². The summed E-state index contributed by atoms with van der Waals surface area (Å²) in [6, 6.07) is 7.45. The summed E-state index contributed by atoms with van der Waals surface area (Å²) in [6.07, 6.45) is 13.5. The van der Waals surface area contributed by atoms with Gasteiger partial charge in [0.1, 0.15) is 5.75 Å². The van der Waals surface area contributed by atoms with Crippen molar-refractivity contribution in [3.8, 4) is 5.75 Å². The van der Waals surface area contributed by atoms with E-state index in [4.69, 9.17) is 9.47 Å². The Labute approximate surface area is 171 Å². The first-order chi connectivity index (χ1) is 13.7. The molecule has 0 N–H and O–H groups in total. The van der Waals surface area contributed by atoms with Crippen molar-refractivity contribution in [1.29, 1.82) is 0 Å². The normalized spacial score (nSPS) is 10.6. The molecule has 0 amide bonds. The third-order valence-corrected chi connectivity index (χ3v) is 4.83. The predicted octanol–water partition coefficient (Wildman–Crippen LogP) is 6.40. The number of hydrogen-bond donors (Lipinski definition) is 0. The minimum atomic E-state index is -0.399. The number of esters is 2. The van der Waals surface area contributed by atoms with Crippen LogP contribution < -0.4 is 4.74 Å². The van der Waals surface area contributed by atoms with E-state index in [1.165, 1.54) is 51.4 Å². The van der Waals surface area contributed by atoms with Crippen molar-refractivity contribution in [3.63, 3.8) is 0 Å². The van der Waals surface area contributed by atoms with Crippen LogP contribution in [0, 0.1) is 0 Å². The minimum Gasteiger partial charge on any atom is -0.466 e. The standard InChI is InChI=1S/C24H38O4/c1-3-5-6-7-8-9-10-11-12-13-19-27-23(25)17-18-24(26)28-22-16-14-15-21(4-2)20-22/h14-16,20H,3-13,17-19H2,1-2H3. The van der Waals surface area contributed by atoms with Crippen LogP contribution in [0.5, 0.6) is 5.75 Å². The molecule has 0 heterocycles. The smallest absolute Gasteiger partial charge is 0.311 e. The van der Waals surface area contributed by atoms with Crippen LogP contribution in [0.15, 0.2) is 24.3 Å². The molecule has 1 rings (SSSR count). The number of benzene rings is 1. The molecule has 0 aromatic heterocycles. The first kappa shape index (κ1) is 24.2. The van der Waals surface area contributed by atoms with E-state index in [-0.39, 0.29) is 18.8 Å². The Kier molecular flexibility index (Phi) is 14.0. The van der Waals surface area contributed by atoms with Gasteiger partial charge in [-0.3, -0.25) is 9.59 Å². The van der Waals surface area contributed by atoms with Gasteiger partial charge in [-0.25, -0.2) is 0 Å². The molecule has 158 valence electrons. The van der Waals surface area contributed by atoms with Crippen molar-refractivity contribution in [2.24, 2.45) is 0 Å². The van der Waals surface area contributed by atoms with Gasteiger partial charge in [0.25, 0.3) is 0 Å². The Hall–Kier alpha value is -1.84. The summed E-state index contributed by atoms with van der Waals surface area (Å²) in [5, 5.41) is 0. The molecular formula is C24H38O4. The minimum absolute atomic E-state index is 0.0488. The quantitative estimate of drug-likeness (QED) is 0.186. The molecule has 0 spiro atoms. The largest absolute Gasteiger partial charge is 0.466 e.